The smallest absolute Gasteiger partial charge is 0.211 e. The third-order valence-corrected chi connectivity index (χ3v) is 4.50. The summed E-state index contributed by atoms with van der Waals surface area (Å²) in [5.74, 6) is 0.574. The molecule has 0 aliphatic carbocycles. The summed E-state index contributed by atoms with van der Waals surface area (Å²) in [5.41, 5.74) is 0.563. The molecule has 2 aromatic rings. The van der Waals surface area contributed by atoms with Gasteiger partial charge in [0.05, 0.1) is 22.1 Å². The number of hydrogen-bond acceptors (Lipinski definition) is 4. The Balaban J connectivity index is 2.73. The Bertz CT molecular complexity index is 636. The van der Waals surface area contributed by atoms with E-state index < -0.39 is 0 Å². The highest BCUT2D eigenvalue weighted by molar-refractivity contribution is 9.10. The van der Waals surface area contributed by atoms with Crippen LogP contribution in [-0.2, 0) is 4.79 Å². The largest absolute Gasteiger partial charge is 0.494 e. The van der Waals surface area contributed by atoms with E-state index in [4.69, 9.17) is 4.74 Å². The van der Waals surface area contributed by atoms with Gasteiger partial charge in [0.25, 0.3) is 0 Å². The number of halogens is 1. The quantitative estimate of drug-likeness (QED) is 0.691. The maximum Gasteiger partial charge on any atom is 0.211 e. The Morgan fingerprint density at radius 3 is 2.78 bits per heavy atom. The number of amides is 1. The van der Waals surface area contributed by atoms with Crippen LogP contribution in [0.3, 0.4) is 0 Å². The molecular weight excluding hydrogens is 318 g/mol. The van der Waals surface area contributed by atoms with Gasteiger partial charge in [0.15, 0.2) is 5.78 Å². The van der Waals surface area contributed by atoms with Gasteiger partial charge in [0.2, 0.25) is 6.41 Å². The van der Waals surface area contributed by atoms with Crippen molar-refractivity contribution in [3.8, 4) is 5.75 Å². The number of benzene rings is 1. The Morgan fingerprint density at radius 1 is 1.50 bits per heavy atom. The molecule has 0 spiro atoms. The van der Waals surface area contributed by atoms with E-state index in [0.29, 0.717) is 27.2 Å². The number of hydrogen-bond donors (Lipinski definition) is 1. The molecule has 2 rings (SSSR count). The Kier molecular flexibility index (Phi) is 3.68. The van der Waals surface area contributed by atoms with Gasteiger partial charge in [-0.1, -0.05) is 0 Å². The number of fused-ring (bicyclic) bond motifs is 1. The van der Waals surface area contributed by atoms with Crippen molar-refractivity contribution in [3.05, 3.63) is 21.5 Å². The molecule has 1 N–H and O–H groups in total. The third kappa shape index (κ3) is 2.13. The van der Waals surface area contributed by atoms with E-state index in [-0.39, 0.29) is 5.78 Å². The topological polar surface area (TPSA) is 55.4 Å². The summed E-state index contributed by atoms with van der Waals surface area (Å²) in [4.78, 5) is 22.7. The number of Topliss-reactive ketones (excluding diaryl/α,β-unsaturated/α-hetero) is 1. The van der Waals surface area contributed by atoms with Gasteiger partial charge < -0.3 is 10.1 Å². The number of rotatable bonds is 4. The molecule has 94 valence electrons. The van der Waals surface area contributed by atoms with Crippen LogP contribution in [0, 0.1) is 0 Å². The van der Waals surface area contributed by atoms with Gasteiger partial charge in [-0.3, -0.25) is 9.59 Å². The fraction of sp³-hybridized carbons (Fsp3) is 0.167. The van der Waals surface area contributed by atoms with Crippen LogP contribution in [0.5, 0.6) is 5.75 Å². The highest BCUT2D eigenvalue weighted by atomic mass is 79.9. The second kappa shape index (κ2) is 5.07. The molecule has 0 saturated carbocycles. The van der Waals surface area contributed by atoms with Crippen LogP contribution in [0.25, 0.3) is 10.1 Å². The average Bonchev–Trinajstić information content (AvgIpc) is 2.77. The van der Waals surface area contributed by atoms with Crippen molar-refractivity contribution in [1.29, 1.82) is 0 Å². The Morgan fingerprint density at radius 2 is 2.22 bits per heavy atom. The van der Waals surface area contributed by atoms with Gasteiger partial charge >= 0.3 is 0 Å². The number of anilines is 1. The molecule has 1 amide bonds. The summed E-state index contributed by atoms with van der Waals surface area (Å²) in [7, 11) is 1.53. The van der Waals surface area contributed by atoms with Gasteiger partial charge in [0, 0.05) is 16.2 Å². The molecular formula is C12H10BrNO3S. The van der Waals surface area contributed by atoms with E-state index in [1.165, 1.54) is 25.4 Å². The van der Waals surface area contributed by atoms with Gasteiger partial charge in [-0.25, -0.2) is 0 Å². The summed E-state index contributed by atoms with van der Waals surface area (Å²) >= 11 is 4.83. The zero-order chi connectivity index (χ0) is 13.3. The van der Waals surface area contributed by atoms with Crippen molar-refractivity contribution >= 4 is 55.2 Å². The van der Waals surface area contributed by atoms with E-state index >= 15 is 0 Å². The number of methoxy groups -OCH3 is 1. The molecule has 0 fully saturated rings. The monoisotopic (exact) mass is 327 g/mol. The number of nitrogens with one attached hydrogen (secondary N) is 1. The standard InChI is InChI=1S/C12H10BrNO3S/c1-6(16)9-3-7-10(18-9)4-8(17-2)12(11(7)13)14-5-15/h3-5H,1-2H3,(H,14,15). The van der Waals surface area contributed by atoms with Crippen LogP contribution >= 0.6 is 27.3 Å². The number of ketones is 1. The number of thiophene rings is 1. The lowest BCUT2D eigenvalue weighted by molar-refractivity contribution is -0.105. The molecule has 18 heavy (non-hydrogen) atoms. The van der Waals surface area contributed by atoms with Crippen molar-refractivity contribution in [1.82, 2.24) is 0 Å². The molecule has 1 aromatic heterocycles. The summed E-state index contributed by atoms with van der Waals surface area (Å²) in [5, 5.41) is 3.48. The van der Waals surface area contributed by atoms with Crippen LogP contribution in [-0.4, -0.2) is 19.3 Å². The van der Waals surface area contributed by atoms with Gasteiger partial charge in [-0.2, -0.15) is 0 Å². The zero-order valence-electron chi connectivity index (χ0n) is 9.74. The highest BCUT2D eigenvalue weighted by Gasteiger charge is 2.15. The fourth-order valence-electron chi connectivity index (χ4n) is 1.65. The van der Waals surface area contributed by atoms with E-state index in [1.807, 2.05) is 12.1 Å². The second-order valence-electron chi connectivity index (χ2n) is 3.61. The zero-order valence-corrected chi connectivity index (χ0v) is 12.1. The van der Waals surface area contributed by atoms with Crippen molar-refractivity contribution in [2.75, 3.05) is 12.4 Å². The number of ether oxygens (including phenoxy) is 1. The molecule has 1 aromatic carbocycles. The van der Waals surface area contributed by atoms with Crippen LogP contribution in [0.1, 0.15) is 16.6 Å². The molecule has 4 nitrogen and oxygen atoms in total. The maximum absolute atomic E-state index is 11.4. The first kappa shape index (κ1) is 13.0. The van der Waals surface area contributed by atoms with E-state index in [9.17, 15) is 9.59 Å². The minimum Gasteiger partial charge on any atom is -0.494 e. The molecule has 0 saturated heterocycles. The summed E-state index contributed by atoms with van der Waals surface area (Å²) in [6.07, 6.45) is 0.590. The first-order valence-corrected chi connectivity index (χ1v) is 6.70. The predicted octanol–water partition coefficient (Wildman–Crippen LogP) is 3.44. The van der Waals surface area contributed by atoms with Crippen LogP contribution in [0.2, 0.25) is 0 Å². The van der Waals surface area contributed by atoms with Gasteiger partial charge in [-0.05, 0) is 28.9 Å². The summed E-state index contributed by atoms with van der Waals surface area (Å²) < 4.78 is 6.87. The van der Waals surface area contributed by atoms with Crippen LogP contribution in [0.4, 0.5) is 5.69 Å². The summed E-state index contributed by atoms with van der Waals surface area (Å²) in [6, 6.07) is 3.62. The molecule has 6 heteroatoms. The first-order valence-electron chi connectivity index (χ1n) is 5.09. The Labute approximate surface area is 116 Å². The predicted molar refractivity (Wildman–Crippen MR) is 75.8 cm³/mol. The maximum atomic E-state index is 11.4. The fourth-order valence-corrected chi connectivity index (χ4v) is 3.41. The first-order chi connectivity index (χ1) is 8.58. The number of carbonyl (C=O) groups excluding carboxylic acids is 2. The van der Waals surface area contributed by atoms with Gasteiger partial charge in [-0.15, -0.1) is 11.3 Å². The SMILES string of the molecule is COc1cc2sc(C(C)=O)cc2c(Br)c1NC=O. The van der Waals surface area contributed by atoms with E-state index in [1.54, 1.807) is 0 Å². The number of carbonyl (C=O) groups is 2. The van der Waals surface area contributed by atoms with E-state index in [2.05, 4.69) is 21.2 Å². The average molecular weight is 328 g/mol. The van der Waals surface area contributed by atoms with Crippen molar-refractivity contribution in [2.45, 2.75) is 6.92 Å². The van der Waals surface area contributed by atoms with Gasteiger partial charge in [0.1, 0.15) is 5.75 Å². The lowest BCUT2D eigenvalue weighted by atomic mass is 10.2. The normalized spacial score (nSPS) is 10.4. The third-order valence-electron chi connectivity index (χ3n) is 2.50. The lowest BCUT2D eigenvalue weighted by Gasteiger charge is -2.10. The van der Waals surface area contributed by atoms with E-state index in [0.717, 1.165) is 10.1 Å². The minimum absolute atomic E-state index is 0.0203. The molecule has 0 atom stereocenters. The van der Waals surface area contributed by atoms with Crippen molar-refractivity contribution in [2.24, 2.45) is 0 Å². The molecule has 0 aliphatic heterocycles. The molecule has 1 heterocycles. The summed E-state index contributed by atoms with van der Waals surface area (Å²) in [6.45, 7) is 1.53. The minimum atomic E-state index is 0.0203. The van der Waals surface area contributed by atoms with Crippen molar-refractivity contribution in [3.63, 3.8) is 0 Å². The highest BCUT2D eigenvalue weighted by Crippen LogP contribution is 2.42. The van der Waals surface area contributed by atoms with Crippen molar-refractivity contribution < 1.29 is 14.3 Å². The van der Waals surface area contributed by atoms with Crippen LogP contribution in [0.15, 0.2) is 16.6 Å². The molecule has 0 bridgehead atoms. The Hall–Kier alpha value is -1.40. The lowest BCUT2D eigenvalue weighted by Crippen LogP contribution is -1.98. The second-order valence-corrected chi connectivity index (χ2v) is 5.49. The molecule has 0 radical (unpaired) electrons. The molecule has 0 aliphatic rings. The van der Waals surface area contributed by atoms with Crippen LogP contribution < -0.4 is 10.1 Å². The molecule has 0 unspecified atom stereocenters.